The molecule has 3 heteroatoms. The van der Waals surface area contributed by atoms with Crippen molar-refractivity contribution in [2.24, 2.45) is 0 Å². The van der Waals surface area contributed by atoms with E-state index in [1.54, 1.807) is 0 Å². The number of rotatable bonds is 7. The van der Waals surface area contributed by atoms with E-state index in [0.29, 0.717) is 13.2 Å². The molecule has 0 saturated carbocycles. The molecule has 0 aliphatic rings. The fourth-order valence-electron chi connectivity index (χ4n) is 2.46. The van der Waals surface area contributed by atoms with Gasteiger partial charge in [0.15, 0.2) is 0 Å². The first-order valence-electron chi connectivity index (χ1n) is 7.69. The third kappa shape index (κ3) is 4.71. The highest BCUT2D eigenvalue weighted by molar-refractivity contribution is 5.71. The van der Waals surface area contributed by atoms with Gasteiger partial charge in [0.25, 0.3) is 0 Å². The Kier molecular flexibility index (Phi) is 6.16. The number of esters is 1. The van der Waals surface area contributed by atoms with Crippen LogP contribution in [-0.2, 0) is 16.1 Å². The van der Waals surface area contributed by atoms with Crippen molar-refractivity contribution in [2.75, 3.05) is 13.2 Å². The zero-order valence-corrected chi connectivity index (χ0v) is 13.2. The van der Waals surface area contributed by atoms with E-state index in [1.165, 1.54) is 11.1 Å². The van der Waals surface area contributed by atoms with Crippen molar-refractivity contribution in [3.63, 3.8) is 0 Å². The summed E-state index contributed by atoms with van der Waals surface area (Å²) in [6.45, 7) is 5.38. The number of nitrogens with zero attached hydrogens (tertiary/aromatic N) is 1. The van der Waals surface area contributed by atoms with E-state index in [-0.39, 0.29) is 12.0 Å². The molecule has 0 aromatic heterocycles. The van der Waals surface area contributed by atoms with Gasteiger partial charge >= 0.3 is 5.97 Å². The number of ether oxygens (including phenoxy) is 1. The van der Waals surface area contributed by atoms with Gasteiger partial charge in [-0.15, -0.1) is 0 Å². The molecular weight excluding hydrogens is 274 g/mol. The third-order valence-electron chi connectivity index (χ3n) is 3.70. The van der Waals surface area contributed by atoms with Crippen LogP contribution in [0.4, 0.5) is 0 Å². The summed E-state index contributed by atoms with van der Waals surface area (Å²) >= 11 is 0. The molecule has 2 rings (SSSR count). The molecule has 3 nitrogen and oxygen atoms in total. The van der Waals surface area contributed by atoms with Crippen LogP contribution in [0.3, 0.4) is 0 Å². The van der Waals surface area contributed by atoms with Gasteiger partial charge in [0.2, 0.25) is 0 Å². The molecule has 0 aliphatic heterocycles. The lowest BCUT2D eigenvalue weighted by molar-refractivity contribution is -0.145. The summed E-state index contributed by atoms with van der Waals surface area (Å²) < 4.78 is 5.12. The topological polar surface area (TPSA) is 29.5 Å². The first-order valence-corrected chi connectivity index (χ1v) is 7.69. The lowest BCUT2D eigenvalue weighted by Crippen LogP contribution is -2.33. The van der Waals surface area contributed by atoms with Crippen molar-refractivity contribution < 1.29 is 9.53 Å². The number of hydrogen-bond acceptors (Lipinski definition) is 3. The number of benzene rings is 2. The minimum atomic E-state index is -0.179. The molecule has 2 aromatic carbocycles. The van der Waals surface area contributed by atoms with Gasteiger partial charge < -0.3 is 4.74 Å². The Balaban J connectivity index is 2.15. The summed E-state index contributed by atoms with van der Waals surface area (Å²) in [7, 11) is 0. The maximum atomic E-state index is 11.9. The van der Waals surface area contributed by atoms with Gasteiger partial charge in [0, 0.05) is 12.6 Å². The number of carbonyl (C=O) groups is 1. The van der Waals surface area contributed by atoms with Crippen molar-refractivity contribution >= 4 is 5.97 Å². The minimum absolute atomic E-state index is 0.144. The maximum Gasteiger partial charge on any atom is 0.320 e. The van der Waals surface area contributed by atoms with Gasteiger partial charge in [-0.25, -0.2) is 0 Å². The van der Waals surface area contributed by atoms with Crippen molar-refractivity contribution in [3.05, 3.63) is 71.8 Å². The molecule has 0 amide bonds. The zero-order chi connectivity index (χ0) is 15.8. The average molecular weight is 297 g/mol. The van der Waals surface area contributed by atoms with E-state index < -0.39 is 0 Å². The monoisotopic (exact) mass is 297 g/mol. The van der Waals surface area contributed by atoms with Crippen molar-refractivity contribution in [3.8, 4) is 0 Å². The van der Waals surface area contributed by atoms with Gasteiger partial charge in [-0.1, -0.05) is 60.7 Å². The summed E-state index contributed by atoms with van der Waals surface area (Å²) in [5.74, 6) is -0.179. The Hall–Kier alpha value is -2.13. The van der Waals surface area contributed by atoms with Gasteiger partial charge in [-0.3, -0.25) is 9.69 Å². The van der Waals surface area contributed by atoms with Crippen LogP contribution >= 0.6 is 0 Å². The second kappa shape index (κ2) is 8.35. The molecule has 0 aliphatic carbocycles. The Labute approximate surface area is 132 Å². The summed E-state index contributed by atoms with van der Waals surface area (Å²) in [6.07, 6.45) is 0. The van der Waals surface area contributed by atoms with E-state index in [2.05, 4.69) is 36.1 Å². The zero-order valence-electron chi connectivity index (χ0n) is 13.2. The normalized spacial score (nSPS) is 12.1. The molecule has 22 heavy (non-hydrogen) atoms. The highest BCUT2D eigenvalue weighted by atomic mass is 16.5. The molecule has 0 radical (unpaired) electrons. The first kappa shape index (κ1) is 16.2. The Morgan fingerprint density at radius 3 is 2.23 bits per heavy atom. The second-order valence-corrected chi connectivity index (χ2v) is 5.28. The fourth-order valence-corrected chi connectivity index (χ4v) is 2.46. The molecule has 0 N–H and O–H groups in total. The fraction of sp³-hybridized carbons (Fsp3) is 0.316. The molecule has 1 atom stereocenters. The number of carbonyl (C=O) groups excluding carboxylic acids is 1. The standard InChI is InChI=1S/C19H23NO2/c1-3-22-19(21)15-20(14-17-10-6-4-7-11-17)16(2)18-12-8-5-9-13-18/h4-13,16H,3,14-15H2,1-2H3/t16-/m1/s1. The van der Waals surface area contributed by atoms with Gasteiger partial charge in [-0.2, -0.15) is 0 Å². The van der Waals surface area contributed by atoms with Crippen LogP contribution in [0.5, 0.6) is 0 Å². The van der Waals surface area contributed by atoms with E-state index in [1.807, 2.05) is 43.3 Å². The van der Waals surface area contributed by atoms with E-state index in [4.69, 9.17) is 4.74 Å². The van der Waals surface area contributed by atoms with Crippen LogP contribution in [-0.4, -0.2) is 24.0 Å². The summed E-state index contributed by atoms with van der Waals surface area (Å²) in [6, 6.07) is 20.6. The smallest absolute Gasteiger partial charge is 0.320 e. The van der Waals surface area contributed by atoms with Crippen LogP contribution in [0.1, 0.15) is 31.0 Å². The molecular formula is C19H23NO2. The highest BCUT2D eigenvalue weighted by Crippen LogP contribution is 2.22. The summed E-state index contributed by atoms with van der Waals surface area (Å²) in [5.41, 5.74) is 2.39. The molecule has 0 heterocycles. The Morgan fingerprint density at radius 1 is 1.05 bits per heavy atom. The van der Waals surface area contributed by atoms with E-state index in [9.17, 15) is 4.79 Å². The van der Waals surface area contributed by atoms with Crippen LogP contribution in [0.25, 0.3) is 0 Å². The Bertz CT molecular complexity index is 569. The van der Waals surface area contributed by atoms with Crippen molar-refractivity contribution in [1.82, 2.24) is 4.90 Å². The van der Waals surface area contributed by atoms with Crippen LogP contribution in [0, 0.1) is 0 Å². The molecule has 0 fully saturated rings. The van der Waals surface area contributed by atoms with Gasteiger partial charge in [0.1, 0.15) is 0 Å². The first-order chi connectivity index (χ1) is 10.7. The predicted molar refractivity (Wildman–Crippen MR) is 88.3 cm³/mol. The summed E-state index contributed by atoms with van der Waals surface area (Å²) in [4.78, 5) is 14.1. The van der Waals surface area contributed by atoms with Crippen molar-refractivity contribution in [1.29, 1.82) is 0 Å². The lowest BCUT2D eigenvalue weighted by Gasteiger charge is -2.28. The molecule has 0 saturated heterocycles. The van der Waals surface area contributed by atoms with Gasteiger partial charge in [-0.05, 0) is 25.0 Å². The van der Waals surface area contributed by atoms with Gasteiger partial charge in [0.05, 0.1) is 13.2 Å². The van der Waals surface area contributed by atoms with Crippen LogP contribution in [0.15, 0.2) is 60.7 Å². The maximum absolute atomic E-state index is 11.9. The van der Waals surface area contributed by atoms with Crippen molar-refractivity contribution in [2.45, 2.75) is 26.4 Å². The van der Waals surface area contributed by atoms with Crippen LogP contribution < -0.4 is 0 Å². The minimum Gasteiger partial charge on any atom is -0.465 e. The molecule has 0 unspecified atom stereocenters. The van der Waals surface area contributed by atoms with Crippen LogP contribution in [0.2, 0.25) is 0 Å². The Morgan fingerprint density at radius 2 is 1.64 bits per heavy atom. The third-order valence-corrected chi connectivity index (χ3v) is 3.70. The number of hydrogen-bond donors (Lipinski definition) is 0. The summed E-state index contributed by atoms with van der Waals surface area (Å²) in [5, 5.41) is 0. The average Bonchev–Trinajstić information content (AvgIpc) is 2.55. The largest absolute Gasteiger partial charge is 0.465 e. The predicted octanol–water partition coefficient (Wildman–Crippen LogP) is 3.81. The van der Waals surface area contributed by atoms with E-state index >= 15 is 0 Å². The van der Waals surface area contributed by atoms with E-state index in [0.717, 1.165) is 6.54 Å². The quantitative estimate of drug-likeness (QED) is 0.728. The molecule has 2 aromatic rings. The molecule has 0 bridgehead atoms. The lowest BCUT2D eigenvalue weighted by atomic mass is 10.1. The second-order valence-electron chi connectivity index (χ2n) is 5.28. The molecule has 116 valence electrons. The molecule has 0 spiro atoms. The SMILES string of the molecule is CCOC(=O)CN(Cc1ccccc1)[C@H](C)c1ccccc1. The highest BCUT2D eigenvalue weighted by Gasteiger charge is 2.19.